The van der Waals surface area contributed by atoms with Gasteiger partial charge >= 0.3 is 5.97 Å². The van der Waals surface area contributed by atoms with Crippen LogP contribution in [0.5, 0.6) is 5.75 Å². The van der Waals surface area contributed by atoms with E-state index < -0.39 is 18.0 Å². The van der Waals surface area contributed by atoms with Crippen molar-refractivity contribution in [3.05, 3.63) is 59.7 Å². The Balaban J connectivity index is 1.43. The molecule has 156 valence electrons. The minimum Gasteiger partial charge on any atom is -0.482 e. The van der Waals surface area contributed by atoms with E-state index in [1.807, 2.05) is 53.9 Å². The average molecular weight is 443 g/mol. The first kappa shape index (κ1) is 22.1. The van der Waals surface area contributed by atoms with Crippen LogP contribution in [0.4, 0.5) is 5.69 Å². The van der Waals surface area contributed by atoms with Crippen LogP contribution in [0.2, 0.25) is 0 Å². The third-order valence-corrected chi connectivity index (χ3v) is 7.31. The van der Waals surface area contributed by atoms with Crippen molar-refractivity contribution >= 4 is 41.1 Å². The summed E-state index contributed by atoms with van der Waals surface area (Å²) in [6.45, 7) is 1.21. The Morgan fingerprint density at radius 3 is 2.43 bits per heavy atom. The van der Waals surface area contributed by atoms with E-state index in [4.69, 9.17) is 14.7 Å². The highest BCUT2D eigenvalue weighted by molar-refractivity contribution is 8.16. The van der Waals surface area contributed by atoms with Crippen molar-refractivity contribution in [1.29, 1.82) is 5.26 Å². The summed E-state index contributed by atoms with van der Waals surface area (Å²) in [5, 5.41) is 11.4. The van der Waals surface area contributed by atoms with Gasteiger partial charge in [-0.15, -0.1) is 23.5 Å². The summed E-state index contributed by atoms with van der Waals surface area (Å²) in [5.41, 5.74) is 2.26. The molecule has 0 aromatic heterocycles. The van der Waals surface area contributed by atoms with Crippen molar-refractivity contribution < 1.29 is 19.1 Å². The minimum absolute atomic E-state index is 0.277. The lowest BCUT2D eigenvalue weighted by atomic mass is 10.2. The summed E-state index contributed by atoms with van der Waals surface area (Å²) < 4.78 is 11.1. The highest BCUT2D eigenvalue weighted by Gasteiger charge is 2.19. The zero-order valence-corrected chi connectivity index (χ0v) is 18.1. The number of esters is 1. The van der Waals surface area contributed by atoms with E-state index in [2.05, 4.69) is 5.32 Å². The topological polar surface area (TPSA) is 88.4 Å². The molecule has 0 unspecified atom stereocenters. The molecule has 2 aromatic rings. The number of anilines is 1. The van der Waals surface area contributed by atoms with E-state index in [-0.39, 0.29) is 6.61 Å². The monoisotopic (exact) mass is 442 g/mol. The zero-order valence-electron chi connectivity index (χ0n) is 16.5. The normalized spacial score (nSPS) is 14.9. The molecule has 0 spiro atoms. The Hall–Kier alpha value is -2.63. The number of ether oxygens (including phenoxy) is 2. The lowest BCUT2D eigenvalue weighted by Gasteiger charge is -2.21. The van der Waals surface area contributed by atoms with E-state index in [0.29, 0.717) is 21.6 Å². The van der Waals surface area contributed by atoms with Gasteiger partial charge in [-0.05, 0) is 66.8 Å². The fourth-order valence-corrected chi connectivity index (χ4v) is 5.59. The maximum Gasteiger partial charge on any atom is 0.344 e. The molecule has 1 atom stereocenters. The molecule has 0 aliphatic carbocycles. The van der Waals surface area contributed by atoms with Gasteiger partial charge in [0.25, 0.3) is 5.91 Å². The van der Waals surface area contributed by atoms with Gasteiger partial charge < -0.3 is 14.8 Å². The molecule has 1 amide bonds. The molecule has 30 heavy (non-hydrogen) atoms. The third kappa shape index (κ3) is 6.44. The van der Waals surface area contributed by atoms with Crippen LogP contribution in [0, 0.1) is 11.3 Å². The number of rotatable bonds is 7. The second-order valence-corrected chi connectivity index (χ2v) is 9.32. The van der Waals surface area contributed by atoms with Crippen molar-refractivity contribution in [2.24, 2.45) is 0 Å². The van der Waals surface area contributed by atoms with E-state index in [0.717, 1.165) is 0 Å². The van der Waals surface area contributed by atoms with Crippen LogP contribution in [0.15, 0.2) is 48.5 Å². The van der Waals surface area contributed by atoms with Gasteiger partial charge in [0.1, 0.15) is 5.75 Å². The van der Waals surface area contributed by atoms with Gasteiger partial charge in [-0.2, -0.15) is 5.26 Å². The molecule has 1 aliphatic rings. The minimum atomic E-state index is -0.973. The van der Waals surface area contributed by atoms with Gasteiger partial charge in [0.05, 0.1) is 16.2 Å². The molecule has 6 nitrogen and oxygen atoms in total. The van der Waals surface area contributed by atoms with E-state index >= 15 is 0 Å². The van der Waals surface area contributed by atoms with Gasteiger partial charge in [0.2, 0.25) is 0 Å². The van der Waals surface area contributed by atoms with Crippen LogP contribution in [-0.4, -0.2) is 36.1 Å². The number of thioether (sulfide) groups is 2. The molecule has 0 bridgehead atoms. The van der Waals surface area contributed by atoms with Crippen LogP contribution in [0.25, 0.3) is 0 Å². The number of hydrogen-bond acceptors (Lipinski definition) is 7. The lowest BCUT2D eigenvalue weighted by molar-refractivity contribution is -0.155. The Labute approximate surface area is 184 Å². The number of nitrogens with zero attached hydrogens (tertiary/aromatic N) is 1. The van der Waals surface area contributed by atoms with Crippen LogP contribution in [0.3, 0.4) is 0 Å². The molecule has 3 rings (SSSR count). The molecular weight excluding hydrogens is 420 g/mol. The Kier molecular flexibility index (Phi) is 8.05. The summed E-state index contributed by atoms with van der Waals surface area (Å²) in [4.78, 5) is 24.2. The number of nitriles is 1. The van der Waals surface area contributed by atoms with Crippen molar-refractivity contribution in [2.45, 2.75) is 24.0 Å². The summed E-state index contributed by atoms with van der Waals surface area (Å²) in [7, 11) is 0. The Bertz CT molecular complexity index is 904. The van der Waals surface area contributed by atoms with Crippen molar-refractivity contribution in [3.8, 4) is 11.8 Å². The quantitative estimate of drug-likeness (QED) is 0.637. The van der Waals surface area contributed by atoms with E-state index in [1.165, 1.54) is 30.4 Å². The van der Waals surface area contributed by atoms with Crippen LogP contribution in [0.1, 0.15) is 29.1 Å². The molecule has 1 fully saturated rings. The standard InChI is InChI=1S/C22H22N2O4S2/c1-15(21(26)24-18-7-3-16(13-23)4-8-18)28-20(25)14-27-19-9-5-17(6-10-19)22-29-11-2-12-30-22/h3-10,15,22H,2,11-12,14H2,1H3,(H,24,26)/t15-/m0/s1. The molecule has 1 saturated heterocycles. The van der Waals surface area contributed by atoms with Crippen LogP contribution in [-0.2, 0) is 14.3 Å². The molecule has 2 aromatic carbocycles. The fraction of sp³-hybridized carbons (Fsp3) is 0.318. The van der Waals surface area contributed by atoms with Crippen molar-refractivity contribution in [3.63, 3.8) is 0 Å². The largest absolute Gasteiger partial charge is 0.482 e. The maximum atomic E-state index is 12.2. The van der Waals surface area contributed by atoms with Crippen molar-refractivity contribution in [2.75, 3.05) is 23.4 Å². The Morgan fingerprint density at radius 2 is 1.80 bits per heavy atom. The first-order valence-corrected chi connectivity index (χ1v) is 11.6. The number of carbonyl (C=O) groups is 2. The number of carbonyl (C=O) groups excluding carboxylic acids is 2. The molecular formula is C22H22N2O4S2. The smallest absolute Gasteiger partial charge is 0.344 e. The first-order chi connectivity index (χ1) is 14.5. The average Bonchev–Trinajstić information content (AvgIpc) is 2.79. The summed E-state index contributed by atoms with van der Waals surface area (Å²) in [5.74, 6) is 1.85. The SMILES string of the molecule is C[C@H](OC(=O)COc1ccc(C2SCCCS2)cc1)C(=O)Nc1ccc(C#N)cc1. The number of hydrogen-bond donors (Lipinski definition) is 1. The summed E-state index contributed by atoms with van der Waals surface area (Å²) in [6, 6.07) is 16.1. The molecule has 0 saturated carbocycles. The lowest BCUT2D eigenvalue weighted by Crippen LogP contribution is -2.31. The number of nitrogens with one attached hydrogen (secondary N) is 1. The second-order valence-electron chi connectivity index (χ2n) is 6.60. The van der Waals surface area contributed by atoms with Gasteiger partial charge in [-0.1, -0.05) is 12.1 Å². The highest BCUT2D eigenvalue weighted by Crippen LogP contribution is 2.43. The highest BCUT2D eigenvalue weighted by atomic mass is 32.2. The summed E-state index contributed by atoms with van der Waals surface area (Å²) >= 11 is 3.90. The van der Waals surface area contributed by atoms with Gasteiger partial charge in [-0.3, -0.25) is 4.79 Å². The fourth-order valence-electron chi connectivity index (χ4n) is 2.70. The van der Waals surface area contributed by atoms with Gasteiger partial charge in [0, 0.05) is 5.69 Å². The second kappa shape index (κ2) is 11.0. The zero-order chi connectivity index (χ0) is 21.3. The molecule has 0 radical (unpaired) electrons. The van der Waals surface area contributed by atoms with Gasteiger partial charge in [-0.25, -0.2) is 4.79 Å². The Morgan fingerprint density at radius 1 is 1.13 bits per heavy atom. The van der Waals surface area contributed by atoms with E-state index in [9.17, 15) is 9.59 Å². The predicted molar refractivity (Wildman–Crippen MR) is 120 cm³/mol. The van der Waals surface area contributed by atoms with Gasteiger partial charge in [0.15, 0.2) is 12.7 Å². The third-order valence-electron chi connectivity index (χ3n) is 4.30. The van der Waals surface area contributed by atoms with Crippen LogP contribution < -0.4 is 10.1 Å². The number of amides is 1. The molecule has 8 heteroatoms. The molecule has 1 heterocycles. The predicted octanol–water partition coefficient (Wildman–Crippen LogP) is 4.38. The van der Waals surface area contributed by atoms with Crippen LogP contribution >= 0.6 is 23.5 Å². The summed E-state index contributed by atoms with van der Waals surface area (Å²) in [6.07, 6.45) is 0.276. The molecule has 1 N–H and O–H groups in total. The van der Waals surface area contributed by atoms with Crippen molar-refractivity contribution in [1.82, 2.24) is 0 Å². The van der Waals surface area contributed by atoms with E-state index in [1.54, 1.807) is 24.3 Å². The maximum absolute atomic E-state index is 12.2. The number of benzene rings is 2. The molecule has 1 aliphatic heterocycles. The first-order valence-electron chi connectivity index (χ1n) is 9.51.